The zero-order valence-electron chi connectivity index (χ0n) is 6.54. The second kappa shape index (κ2) is 2.17. The van der Waals surface area contributed by atoms with Crippen molar-refractivity contribution in [2.75, 3.05) is 0 Å². The van der Waals surface area contributed by atoms with Gasteiger partial charge in [0.1, 0.15) is 0 Å². The van der Waals surface area contributed by atoms with Crippen LogP contribution in [0.1, 0.15) is 39.5 Å². The van der Waals surface area contributed by atoms with Crippen molar-refractivity contribution in [1.82, 2.24) is 0 Å². The molecule has 1 unspecified atom stereocenters. The first-order valence-electron chi connectivity index (χ1n) is 3.83. The Kier molecular flexibility index (Phi) is 1.65. The standard InChI is InChI=1S/C9H16/c1-4-9(3)6-5-8(2)7-9/h2,4-7H2,1,3H3. The molecule has 52 valence electrons. The van der Waals surface area contributed by atoms with Crippen molar-refractivity contribution in [3.05, 3.63) is 12.2 Å². The summed E-state index contributed by atoms with van der Waals surface area (Å²) in [5.74, 6) is 0. The monoisotopic (exact) mass is 124 g/mol. The summed E-state index contributed by atoms with van der Waals surface area (Å²) in [6.07, 6.45) is 5.21. The predicted molar refractivity (Wildman–Crippen MR) is 41.4 cm³/mol. The summed E-state index contributed by atoms with van der Waals surface area (Å²) in [5, 5.41) is 0. The maximum atomic E-state index is 4.00. The molecular formula is C9H16. The second-order valence-corrected chi connectivity index (χ2v) is 3.59. The average molecular weight is 124 g/mol. The van der Waals surface area contributed by atoms with Crippen molar-refractivity contribution >= 4 is 0 Å². The third-order valence-corrected chi connectivity index (χ3v) is 2.61. The van der Waals surface area contributed by atoms with E-state index in [9.17, 15) is 0 Å². The largest absolute Gasteiger partial charge is 0.0998 e. The smallest absolute Gasteiger partial charge is 0.0269 e. The molecule has 0 heteroatoms. The van der Waals surface area contributed by atoms with Crippen LogP contribution in [0.25, 0.3) is 0 Å². The van der Waals surface area contributed by atoms with E-state index in [0.29, 0.717) is 5.41 Å². The van der Waals surface area contributed by atoms with E-state index in [2.05, 4.69) is 20.4 Å². The Labute approximate surface area is 58.0 Å². The molecule has 0 aromatic carbocycles. The molecule has 0 saturated heterocycles. The molecule has 0 amide bonds. The van der Waals surface area contributed by atoms with Gasteiger partial charge in [0.25, 0.3) is 0 Å². The number of hydrogen-bond donors (Lipinski definition) is 0. The quantitative estimate of drug-likeness (QED) is 0.471. The van der Waals surface area contributed by atoms with Crippen LogP contribution in [0.4, 0.5) is 0 Å². The van der Waals surface area contributed by atoms with E-state index in [4.69, 9.17) is 0 Å². The van der Waals surface area contributed by atoms with Crippen molar-refractivity contribution in [2.45, 2.75) is 39.5 Å². The fraction of sp³-hybridized carbons (Fsp3) is 0.778. The topological polar surface area (TPSA) is 0 Å². The summed E-state index contributed by atoms with van der Waals surface area (Å²) in [6.45, 7) is 8.64. The second-order valence-electron chi connectivity index (χ2n) is 3.59. The number of allylic oxidation sites excluding steroid dienone is 1. The minimum absolute atomic E-state index is 0.608. The van der Waals surface area contributed by atoms with E-state index in [1.807, 2.05) is 0 Å². The van der Waals surface area contributed by atoms with Crippen LogP contribution < -0.4 is 0 Å². The summed E-state index contributed by atoms with van der Waals surface area (Å²) in [6, 6.07) is 0. The number of hydrogen-bond acceptors (Lipinski definition) is 0. The zero-order chi connectivity index (χ0) is 6.91. The molecule has 1 aliphatic carbocycles. The van der Waals surface area contributed by atoms with E-state index in [-0.39, 0.29) is 0 Å². The van der Waals surface area contributed by atoms with Crippen LogP contribution in [0.2, 0.25) is 0 Å². The first-order chi connectivity index (χ1) is 4.16. The average Bonchev–Trinajstić information content (AvgIpc) is 2.13. The lowest BCUT2D eigenvalue weighted by atomic mass is 9.86. The maximum Gasteiger partial charge on any atom is -0.0269 e. The molecule has 0 bridgehead atoms. The van der Waals surface area contributed by atoms with Crippen LogP contribution in [0, 0.1) is 5.41 Å². The molecule has 0 heterocycles. The van der Waals surface area contributed by atoms with E-state index in [0.717, 1.165) is 0 Å². The summed E-state index contributed by atoms with van der Waals surface area (Å²) in [5.41, 5.74) is 2.07. The molecular weight excluding hydrogens is 108 g/mol. The molecule has 9 heavy (non-hydrogen) atoms. The van der Waals surface area contributed by atoms with Gasteiger partial charge in [0.05, 0.1) is 0 Å². The lowest BCUT2D eigenvalue weighted by Crippen LogP contribution is -2.07. The molecule has 1 atom stereocenters. The summed E-state index contributed by atoms with van der Waals surface area (Å²) in [4.78, 5) is 0. The fourth-order valence-corrected chi connectivity index (χ4v) is 1.56. The number of rotatable bonds is 1. The molecule has 0 aliphatic heterocycles. The van der Waals surface area contributed by atoms with Crippen LogP contribution in [-0.4, -0.2) is 0 Å². The molecule has 0 nitrogen and oxygen atoms in total. The first-order valence-corrected chi connectivity index (χ1v) is 3.83. The van der Waals surface area contributed by atoms with Gasteiger partial charge in [-0.25, -0.2) is 0 Å². The minimum atomic E-state index is 0.608. The van der Waals surface area contributed by atoms with Crippen LogP contribution in [0.5, 0.6) is 0 Å². The van der Waals surface area contributed by atoms with E-state index < -0.39 is 0 Å². The molecule has 0 N–H and O–H groups in total. The van der Waals surface area contributed by atoms with Crippen molar-refractivity contribution < 1.29 is 0 Å². The lowest BCUT2D eigenvalue weighted by Gasteiger charge is -2.19. The highest BCUT2D eigenvalue weighted by atomic mass is 14.3. The molecule has 1 fully saturated rings. The van der Waals surface area contributed by atoms with Gasteiger partial charge in [-0.2, -0.15) is 0 Å². The highest BCUT2D eigenvalue weighted by Gasteiger charge is 2.28. The third kappa shape index (κ3) is 1.35. The Morgan fingerprint density at radius 1 is 1.67 bits per heavy atom. The molecule has 0 aromatic rings. The van der Waals surface area contributed by atoms with Gasteiger partial charge in [-0.15, -0.1) is 0 Å². The van der Waals surface area contributed by atoms with Crippen molar-refractivity contribution in [3.8, 4) is 0 Å². The SMILES string of the molecule is C=C1CCC(C)(CC)C1. The first kappa shape index (κ1) is 6.85. The summed E-state index contributed by atoms with van der Waals surface area (Å²) in [7, 11) is 0. The van der Waals surface area contributed by atoms with Crippen LogP contribution in [0.3, 0.4) is 0 Å². The maximum absolute atomic E-state index is 4.00. The van der Waals surface area contributed by atoms with Gasteiger partial charge in [-0.3, -0.25) is 0 Å². The molecule has 0 radical (unpaired) electrons. The Morgan fingerprint density at radius 2 is 2.33 bits per heavy atom. The molecule has 0 aromatic heterocycles. The van der Waals surface area contributed by atoms with Gasteiger partial charge in [0.15, 0.2) is 0 Å². The third-order valence-electron chi connectivity index (χ3n) is 2.61. The van der Waals surface area contributed by atoms with Crippen molar-refractivity contribution in [2.24, 2.45) is 5.41 Å². The van der Waals surface area contributed by atoms with Gasteiger partial charge < -0.3 is 0 Å². The van der Waals surface area contributed by atoms with Gasteiger partial charge in [0.2, 0.25) is 0 Å². The molecule has 0 spiro atoms. The summed E-state index contributed by atoms with van der Waals surface area (Å²) >= 11 is 0. The highest BCUT2D eigenvalue weighted by molar-refractivity contribution is 5.06. The van der Waals surface area contributed by atoms with Crippen molar-refractivity contribution in [3.63, 3.8) is 0 Å². The fourth-order valence-electron chi connectivity index (χ4n) is 1.56. The van der Waals surface area contributed by atoms with Crippen LogP contribution >= 0.6 is 0 Å². The lowest BCUT2D eigenvalue weighted by molar-refractivity contribution is 0.330. The van der Waals surface area contributed by atoms with Crippen LogP contribution in [-0.2, 0) is 0 Å². The van der Waals surface area contributed by atoms with Gasteiger partial charge >= 0.3 is 0 Å². The molecule has 1 rings (SSSR count). The van der Waals surface area contributed by atoms with Crippen LogP contribution in [0.15, 0.2) is 12.2 Å². The highest BCUT2D eigenvalue weighted by Crippen LogP contribution is 2.42. The van der Waals surface area contributed by atoms with Gasteiger partial charge in [-0.1, -0.05) is 32.4 Å². The Morgan fingerprint density at radius 3 is 2.56 bits per heavy atom. The minimum Gasteiger partial charge on any atom is -0.0998 e. The zero-order valence-corrected chi connectivity index (χ0v) is 6.54. The van der Waals surface area contributed by atoms with Gasteiger partial charge in [0, 0.05) is 0 Å². The van der Waals surface area contributed by atoms with E-state index >= 15 is 0 Å². The van der Waals surface area contributed by atoms with E-state index in [1.165, 1.54) is 31.3 Å². The Bertz CT molecular complexity index is 124. The molecule has 1 saturated carbocycles. The van der Waals surface area contributed by atoms with E-state index in [1.54, 1.807) is 0 Å². The Hall–Kier alpha value is -0.260. The summed E-state index contributed by atoms with van der Waals surface area (Å²) < 4.78 is 0. The van der Waals surface area contributed by atoms with Gasteiger partial charge in [-0.05, 0) is 24.7 Å². The Balaban J connectivity index is 2.54. The van der Waals surface area contributed by atoms with Crippen molar-refractivity contribution in [1.29, 1.82) is 0 Å². The molecule has 1 aliphatic rings. The normalized spacial score (nSPS) is 35.6. The predicted octanol–water partition coefficient (Wildman–Crippen LogP) is 3.14.